The summed E-state index contributed by atoms with van der Waals surface area (Å²) in [5.74, 6) is -2.45. The smallest absolute Gasteiger partial charge is 0.338 e. The van der Waals surface area contributed by atoms with Crippen molar-refractivity contribution >= 4 is 16.0 Å². The zero-order chi connectivity index (χ0) is 15.5. The molecule has 0 aromatic heterocycles. The zero-order valence-corrected chi connectivity index (χ0v) is 12.2. The summed E-state index contributed by atoms with van der Waals surface area (Å²) in [6.45, 7) is 1.62. The van der Waals surface area contributed by atoms with Crippen LogP contribution in [0.15, 0.2) is 17.0 Å². The number of benzene rings is 1. The van der Waals surface area contributed by atoms with Gasteiger partial charge in [-0.15, -0.1) is 0 Å². The first-order valence-corrected chi connectivity index (χ1v) is 7.14. The second kappa shape index (κ2) is 6.29. The molecule has 0 saturated carbocycles. The number of aryl methyl sites for hydroxylation is 1. The van der Waals surface area contributed by atoms with Gasteiger partial charge in [-0.2, -0.15) is 4.31 Å². The van der Waals surface area contributed by atoms with Crippen molar-refractivity contribution in [2.75, 3.05) is 27.3 Å². The fourth-order valence-corrected chi connectivity index (χ4v) is 2.83. The maximum absolute atomic E-state index is 13.6. The number of carboxylic acid groups (broad SMARTS) is 1. The molecule has 0 heterocycles. The molecule has 8 heteroatoms. The monoisotopic (exact) mass is 305 g/mol. The number of halogens is 1. The summed E-state index contributed by atoms with van der Waals surface area (Å²) in [7, 11) is -1.11. The first-order chi connectivity index (χ1) is 9.21. The molecule has 0 bridgehead atoms. The summed E-state index contributed by atoms with van der Waals surface area (Å²) in [4.78, 5) is 10.7. The SMILES string of the molecule is COCCN(C)S(=O)(=O)c1cc(C)c(F)c(C(=O)O)c1. The van der Waals surface area contributed by atoms with Gasteiger partial charge < -0.3 is 9.84 Å². The van der Waals surface area contributed by atoms with Crippen molar-refractivity contribution in [3.05, 3.63) is 29.1 Å². The van der Waals surface area contributed by atoms with Crippen LogP contribution in [0.1, 0.15) is 15.9 Å². The molecule has 1 N–H and O–H groups in total. The predicted octanol–water partition coefficient (Wildman–Crippen LogP) is 1.10. The van der Waals surface area contributed by atoms with Crippen molar-refractivity contribution in [2.45, 2.75) is 11.8 Å². The topological polar surface area (TPSA) is 83.9 Å². The minimum atomic E-state index is -3.88. The maximum Gasteiger partial charge on any atom is 0.338 e. The molecule has 1 aromatic carbocycles. The predicted molar refractivity (Wildman–Crippen MR) is 69.8 cm³/mol. The first-order valence-electron chi connectivity index (χ1n) is 5.70. The van der Waals surface area contributed by atoms with Crippen LogP contribution in [0.25, 0.3) is 0 Å². The normalized spacial score (nSPS) is 11.8. The van der Waals surface area contributed by atoms with Crippen LogP contribution < -0.4 is 0 Å². The van der Waals surface area contributed by atoms with Crippen molar-refractivity contribution in [3.8, 4) is 0 Å². The molecule has 0 fully saturated rings. The third-order valence-electron chi connectivity index (χ3n) is 2.78. The van der Waals surface area contributed by atoms with E-state index in [1.807, 2.05) is 0 Å². The molecule has 0 aliphatic rings. The van der Waals surface area contributed by atoms with Crippen LogP contribution in [0.5, 0.6) is 0 Å². The largest absolute Gasteiger partial charge is 0.478 e. The summed E-state index contributed by atoms with van der Waals surface area (Å²) in [6, 6.07) is 1.93. The number of carbonyl (C=O) groups is 1. The van der Waals surface area contributed by atoms with Crippen molar-refractivity contribution in [1.82, 2.24) is 4.31 Å². The van der Waals surface area contributed by atoms with E-state index in [4.69, 9.17) is 9.84 Å². The number of hydrogen-bond acceptors (Lipinski definition) is 4. The van der Waals surface area contributed by atoms with E-state index in [1.54, 1.807) is 0 Å². The number of ether oxygens (including phenoxy) is 1. The summed E-state index contributed by atoms with van der Waals surface area (Å²) in [5.41, 5.74) is -0.702. The molecule has 0 spiro atoms. The number of methoxy groups -OCH3 is 1. The van der Waals surface area contributed by atoms with Gasteiger partial charge in [0.25, 0.3) is 0 Å². The molecule has 0 aliphatic carbocycles. The molecule has 1 aromatic rings. The lowest BCUT2D eigenvalue weighted by Gasteiger charge is -2.17. The highest BCUT2D eigenvalue weighted by molar-refractivity contribution is 7.89. The maximum atomic E-state index is 13.6. The number of nitrogens with zero attached hydrogens (tertiary/aromatic N) is 1. The summed E-state index contributed by atoms with van der Waals surface area (Å²) < 4.78 is 43.9. The minimum absolute atomic E-state index is 0.0383. The number of aromatic carboxylic acids is 1. The summed E-state index contributed by atoms with van der Waals surface area (Å²) >= 11 is 0. The van der Waals surface area contributed by atoms with Gasteiger partial charge in [-0.25, -0.2) is 17.6 Å². The highest BCUT2D eigenvalue weighted by atomic mass is 32.2. The molecule has 0 aliphatic heterocycles. The molecule has 0 atom stereocenters. The minimum Gasteiger partial charge on any atom is -0.478 e. The summed E-state index contributed by atoms with van der Waals surface area (Å²) in [5, 5.41) is 8.89. The molecule has 20 heavy (non-hydrogen) atoms. The van der Waals surface area contributed by atoms with E-state index >= 15 is 0 Å². The second-order valence-corrected chi connectivity index (χ2v) is 6.27. The number of carboxylic acids is 1. The Kier molecular flexibility index (Phi) is 5.21. The van der Waals surface area contributed by atoms with Gasteiger partial charge in [0.2, 0.25) is 10.0 Å². The van der Waals surface area contributed by atoms with E-state index in [-0.39, 0.29) is 23.6 Å². The van der Waals surface area contributed by atoms with Gasteiger partial charge in [0.05, 0.1) is 17.1 Å². The average Bonchev–Trinajstić information content (AvgIpc) is 2.38. The highest BCUT2D eigenvalue weighted by Crippen LogP contribution is 2.21. The van der Waals surface area contributed by atoms with E-state index < -0.39 is 27.4 Å². The molecule has 0 amide bonds. The Hall–Kier alpha value is -1.51. The molecule has 6 nitrogen and oxygen atoms in total. The molecular formula is C12H16FNO5S. The number of hydrogen-bond donors (Lipinski definition) is 1. The fourth-order valence-electron chi connectivity index (χ4n) is 1.56. The average molecular weight is 305 g/mol. The zero-order valence-electron chi connectivity index (χ0n) is 11.4. The Bertz CT molecular complexity index is 615. The van der Waals surface area contributed by atoms with Crippen molar-refractivity contribution in [2.24, 2.45) is 0 Å². The lowest BCUT2D eigenvalue weighted by molar-refractivity contribution is 0.0691. The quantitative estimate of drug-likeness (QED) is 0.851. The van der Waals surface area contributed by atoms with Gasteiger partial charge >= 0.3 is 5.97 Å². The van der Waals surface area contributed by atoms with Crippen LogP contribution in [-0.4, -0.2) is 51.1 Å². The fraction of sp³-hybridized carbons (Fsp3) is 0.417. The van der Waals surface area contributed by atoms with Gasteiger partial charge in [0.15, 0.2) is 0 Å². The molecule has 0 unspecified atom stereocenters. The van der Waals surface area contributed by atoms with Gasteiger partial charge in [0, 0.05) is 20.7 Å². The number of rotatable bonds is 6. The third-order valence-corrected chi connectivity index (χ3v) is 4.61. The highest BCUT2D eigenvalue weighted by Gasteiger charge is 2.24. The molecule has 0 saturated heterocycles. The van der Waals surface area contributed by atoms with E-state index in [9.17, 15) is 17.6 Å². The van der Waals surface area contributed by atoms with E-state index in [0.717, 1.165) is 16.4 Å². The Morgan fingerprint density at radius 1 is 1.45 bits per heavy atom. The van der Waals surface area contributed by atoms with Gasteiger partial charge in [0.1, 0.15) is 5.82 Å². The third kappa shape index (κ3) is 3.33. The van der Waals surface area contributed by atoms with Crippen LogP contribution >= 0.6 is 0 Å². The Morgan fingerprint density at radius 3 is 2.55 bits per heavy atom. The molecular weight excluding hydrogens is 289 g/mol. The van der Waals surface area contributed by atoms with Crippen LogP contribution in [0.3, 0.4) is 0 Å². The Labute approximate surface area is 116 Å². The van der Waals surface area contributed by atoms with E-state index in [0.29, 0.717) is 0 Å². The molecule has 1 rings (SSSR count). The summed E-state index contributed by atoms with van der Waals surface area (Å²) in [6.07, 6.45) is 0. The van der Waals surface area contributed by atoms with Crippen molar-refractivity contribution in [1.29, 1.82) is 0 Å². The second-order valence-electron chi connectivity index (χ2n) is 4.23. The van der Waals surface area contributed by atoms with Gasteiger partial charge in [-0.3, -0.25) is 0 Å². The Balaban J connectivity index is 3.29. The molecule has 112 valence electrons. The van der Waals surface area contributed by atoms with E-state index in [1.165, 1.54) is 21.1 Å². The number of sulfonamides is 1. The van der Waals surface area contributed by atoms with E-state index in [2.05, 4.69) is 0 Å². The lowest BCUT2D eigenvalue weighted by Crippen LogP contribution is -2.30. The van der Waals surface area contributed by atoms with Crippen molar-refractivity contribution in [3.63, 3.8) is 0 Å². The Morgan fingerprint density at radius 2 is 2.05 bits per heavy atom. The van der Waals surface area contributed by atoms with Crippen LogP contribution in [-0.2, 0) is 14.8 Å². The van der Waals surface area contributed by atoms with Crippen molar-refractivity contribution < 1.29 is 27.4 Å². The lowest BCUT2D eigenvalue weighted by atomic mass is 10.1. The van der Waals surface area contributed by atoms with Crippen LogP contribution in [0.2, 0.25) is 0 Å². The van der Waals surface area contributed by atoms with Gasteiger partial charge in [-0.1, -0.05) is 0 Å². The van der Waals surface area contributed by atoms with Crippen LogP contribution in [0, 0.1) is 12.7 Å². The van der Waals surface area contributed by atoms with Gasteiger partial charge in [-0.05, 0) is 24.6 Å². The first kappa shape index (κ1) is 16.5. The van der Waals surface area contributed by atoms with Crippen LogP contribution in [0.4, 0.5) is 4.39 Å². The molecule has 0 radical (unpaired) electrons. The number of likely N-dealkylation sites (N-methyl/N-ethyl adjacent to an activating group) is 1. The standard InChI is InChI=1S/C12H16FNO5S/c1-8-6-9(7-10(11(8)13)12(15)16)20(17,18)14(2)4-5-19-3/h6-7H,4-5H2,1-3H3,(H,15,16).